The Morgan fingerprint density at radius 3 is 2.23 bits per heavy atom. The molecule has 0 bridgehead atoms. The molecular formula is C21H25N3O2. The van der Waals surface area contributed by atoms with Gasteiger partial charge >= 0.3 is 5.69 Å². The normalized spacial score (nSPS) is 15.7. The lowest BCUT2D eigenvalue weighted by Crippen LogP contribution is -2.36. The van der Waals surface area contributed by atoms with Crippen LogP contribution in [0.4, 0.5) is 0 Å². The summed E-state index contributed by atoms with van der Waals surface area (Å²) >= 11 is 0. The molecule has 4 rings (SSSR count). The molecule has 0 aliphatic heterocycles. The van der Waals surface area contributed by atoms with E-state index in [9.17, 15) is 9.59 Å². The number of nitrogens with zero attached hydrogens (tertiary/aromatic N) is 3. The zero-order chi connectivity index (χ0) is 18.4. The maximum Gasteiger partial charge on any atom is 0.330 e. The summed E-state index contributed by atoms with van der Waals surface area (Å²) in [6.07, 6.45) is 7.95. The van der Waals surface area contributed by atoms with E-state index in [1.807, 2.05) is 6.20 Å². The predicted octanol–water partition coefficient (Wildman–Crippen LogP) is 3.52. The maximum atomic E-state index is 13.0. The molecule has 0 saturated heterocycles. The third-order valence-electron chi connectivity index (χ3n) is 5.76. The second kappa shape index (κ2) is 6.31. The summed E-state index contributed by atoms with van der Waals surface area (Å²) in [7, 11) is 3.30. The highest BCUT2D eigenvalue weighted by atomic mass is 16.2. The largest absolute Gasteiger partial charge is 0.342 e. The molecule has 2 aromatic heterocycles. The SMILES string of the molecule is Cc1ccc(-c2c3c(=O)n(C)c(=O)n(C)c3cn2C2CCCCC2)cc1. The van der Waals surface area contributed by atoms with Crippen LogP contribution >= 0.6 is 0 Å². The molecule has 1 aromatic carbocycles. The highest BCUT2D eigenvalue weighted by molar-refractivity contribution is 5.93. The fourth-order valence-electron chi connectivity index (χ4n) is 4.21. The van der Waals surface area contributed by atoms with Crippen LogP contribution in [0.2, 0.25) is 0 Å². The molecule has 2 heterocycles. The van der Waals surface area contributed by atoms with Gasteiger partial charge in [-0.25, -0.2) is 4.79 Å². The number of benzene rings is 1. The Morgan fingerprint density at radius 1 is 0.923 bits per heavy atom. The van der Waals surface area contributed by atoms with E-state index >= 15 is 0 Å². The molecule has 5 heteroatoms. The van der Waals surface area contributed by atoms with Gasteiger partial charge in [-0.1, -0.05) is 49.1 Å². The average Bonchev–Trinajstić information content (AvgIpc) is 3.07. The zero-order valence-corrected chi connectivity index (χ0v) is 15.7. The number of hydrogen-bond donors (Lipinski definition) is 0. The van der Waals surface area contributed by atoms with Gasteiger partial charge in [-0.15, -0.1) is 0 Å². The van der Waals surface area contributed by atoms with Crippen molar-refractivity contribution < 1.29 is 0 Å². The molecule has 0 amide bonds. The van der Waals surface area contributed by atoms with Crippen LogP contribution in [0.1, 0.15) is 43.7 Å². The second-order valence-corrected chi connectivity index (χ2v) is 7.51. The molecular weight excluding hydrogens is 326 g/mol. The first-order valence-corrected chi connectivity index (χ1v) is 9.36. The second-order valence-electron chi connectivity index (χ2n) is 7.51. The van der Waals surface area contributed by atoms with E-state index in [0.717, 1.165) is 29.6 Å². The van der Waals surface area contributed by atoms with Crippen LogP contribution in [0.5, 0.6) is 0 Å². The lowest BCUT2D eigenvalue weighted by molar-refractivity contribution is 0.357. The first kappa shape index (κ1) is 16.9. The number of hydrogen-bond acceptors (Lipinski definition) is 2. The van der Waals surface area contributed by atoms with Gasteiger partial charge in [0.25, 0.3) is 5.56 Å². The van der Waals surface area contributed by atoms with Crippen LogP contribution in [0.3, 0.4) is 0 Å². The highest BCUT2D eigenvalue weighted by Gasteiger charge is 2.24. The van der Waals surface area contributed by atoms with Crippen molar-refractivity contribution in [1.82, 2.24) is 13.7 Å². The van der Waals surface area contributed by atoms with Crippen LogP contribution < -0.4 is 11.2 Å². The van der Waals surface area contributed by atoms with E-state index in [1.54, 1.807) is 18.7 Å². The van der Waals surface area contributed by atoms with Crippen molar-refractivity contribution in [2.24, 2.45) is 14.1 Å². The molecule has 0 N–H and O–H groups in total. The van der Waals surface area contributed by atoms with Crippen LogP contribution in [0.25, 0.3) is 22.2 Å². The van der Waals surface area contributed by atoms with Crippen molar-refractivity contribution in [2.45, 2.75) is 45.1 Å². The summed E-state index contributed by atoms with van der Waals surface area (Å²) in [5, 5.41) is 0.643. The van der Waals surface area contributed by atoms with Gasteiger partial charge in [-0.05, 0) is 25.3 Å². The summed E-state index contributed by atoms with van der Waals surface area (Å²) in [4.78, 5) is 25.4. The van der Waals surface area contributed by atoms with Crippen LogP contribution in [0, 0.1) is 6.92 Å². The van der Waals surface area contributed by atoms with Crippen molar-refractivity contribution in [3.05, 3.63) is 56.9 Å². The fraction of sp³-hybridized carbons (Fsp3) is 0.429. The standard InChI is InChI=1S/C21H25N3O2/c1-14-9-11-15(12-10-14)19-18-17(22(2)21(26)23(3)20(18)25)13-24(19)16-7-5-4-6-8-16/h9-13,16H,4-8H2,1-3H3. The van der Waals surface area contributed by atoms with E-state index in [1.165, 1.54) is 29.4 Å². The summed E-state index contributed by atoms with van der Waals surface area (Å²) < 4.78 is 5.06. The minimum absolute atomic E-state index is 0.215. The molecule has 5 nitrogen and oxygen atoms in total. The monoisotopic (exact) mass is 351 g/mol. The van der Waals surface area contributed by atoms with Gasteiger partial charge in [-0.3, -0.25) is 13.9 Å². The highest BCUT2D eigenvalue weighted by Crippen LogP contribution is 2.36. The summed E-state index contributed by atoms with van der Waals surface area (Å²) in [5.41, 5.74) is 3.40. The van der Waals surface area contributed by atoms with Gasteiger partial charge in [-0.2, -0.15) is 0 Å². The topological polar surface area (TPSA) is 48.9 Å². The van der Waals surface area contributed by atoms with Crippen molar-refractivity contribution in [3.63, 3.8) is 0 Å². The first-order chi connectivity index (χ1) is 12.5. The van der Waals surface area contributed by atoms with Gasteiger partial charge in [0.1, 0.15) is 0 Å². The predicted molar refractivity (Wildman–Crippen MR) is 105 cm³/mol. The Hall–Kier alpha value is -2.56. The molecule has 0 atom stereocenters. The molecule has 0 radical (unpaired) electrons. The van der Waals surface area contributed by atoms with Gasteiger partial charge in [0.15, 0.2) is 0 Å². The first-order valence-electron chi connectivity index (χ1n) is 9.36. The van der Waals surface area contributed by atoms with Crippen molar-refractivity contribution in [1.29, 1.82) is 0 Å². The number of rotatable bonds is 2. The third kappa shape index (κ3) is 2.54. The lowest BCUT2D eigenvalue weighted by Gasteiger charge is -2.25. The average molecular weight is 351 g/mol. The Balaban J connectivity index is 2.09. The Labute approximate surface area is 152 Å². The molecule has 1 aliphatic carbocycles. The minimum atomic E-state index is -0.279. The van der Waals surface area contributed by atoms with Crippen molar-refractivity contribution in [3.8, 4) is 11.3 Å². The van der Waals surface area contributed by atoms with Crippen molar-refractivity contribution in [2.75, 3.05) is 0 Å². The molecule has 1 aliphatic rings. The van der Waals surface area contributed by atoms with Crippen molar-refractivity contribution >= 4 is 10.9 Å². The molecule has 1 fully saturated rings. The number of aromatic nitrogens is 3. The number of aryl methyl sites for hydroxylation is 2. The quantitative estimate of drug-likeness (QED) is 0.709. The smallest absolute Gasteiger partial charge is 0.330 e. The van der Waals surface area contributed by atoms with Crippen LogP contribution in [0.15, 0.2) is 40.1 Å². The van der Waals surface area contributed by atoms with E-state index in [4.69, 9.17) is 0 Å². The van der Waals surface area contributed by atoms with Gasteiger partial charge in [0, 0.05) is 26.3 Å². The third-order valence-corrected chi connectivity index (χ3v) is 5.76. The van der Waals surface area contributed by atoms with Crippen LogP contribution in [-0.2, 0) is 14.1 Å². The Bertz CT molecular complexity index is 1080. The molecule has 26 heavy (non-hydrogen) atoms. The van der Waals surface area contributed by atoms with Gasteiger partial charge in [0.05, 0.1) is 16.6 Å². The molecule has 0 spiro atoms. The number of fused-ring (bicyclic) bond motifs is 1. The van der Waals surface area contributed by atoms with E-state index in [0.29, 0.717) is 11.4 Å². The molecule has 136 valence electrons. The van der Waals surface area contributed by atoms with Crippen LogP contribution in [-0.4, -0.2) is 13.7 Å². The summed E-state index contributed by atoms with van der Waals surface area (Å²) in [6, 6.07) is 8.69. The zero-order valence-electron chi connectivity index (χ0n) is 15.7. The lowest BCUT2D eigenvalue weighted by atomic mass is 9.94. The maximum absolute atomic E-state index is 13.0. The van der Waals surface area contributed by atoms with Gasteiger partial charge in [0.2, 0.25) is 0 Å². The van der Waals surface area contributed by atoms with E-state index < -0.39 is 0 Å². The Kier molecular flexibility index (Phi) is 4.10. The fourth-order valence-corrected chi connectivity index (χ4v) is 4.21. The molecule has 1 saturated carbocycles. The van der Waals surface area contributed by atoms with Gasteiger partial charge < -0.3 is 4.57 Å². The van der Waals surface area contributed by atoms with E-state index in [-0.39, 0.29) is 11.2 Å². The summed E-state index contributed by atoms with van der Waals surface area (Å²) in [5.74, 6) is 0. The molecule has 3 aromatic rings. The Morgan fingerprint density at radius 2 is 1.58 bits per heavy atom. The summed E-state index contributed by atoms with van der Waals surface area (Å²) in [6.45, 7) is 2.06. The van der Waals surface area contributed by atoms with E-state index in [2.05, 4.69) is 35.8 Å². The molecule has 0 unspecified atom stereocenters. The minimum Gasteiger partial charge on any atom is -0.342 e.